The average molecular weight is 349 g/mol. The van der Waals surface area contributed by atoms with Crippen molar-refractivity contribution in [3.05, 3.63) is 30.4 Å². The molecule has 3 heterocycles. The summed E-state index contributed by atoms with van der Waals surface area (Å²) < 4.78 is 26.6. The summed E-state index contributed by atoms with van der Waals surface area (Å²) in [7, 11) is -3.09. The molecule has 2 aromatic rings. The zero-order valence-electron chi connectivity index (χ0n) is 14.3. The Morgan fingerprint density at radius 2 is 2.08 bits per heavy atom. The fourth-order valence-corrected chi connectivity index (χ4v) is 4.00. The lowest BCUT2D eigenvalue weighted by Crippen LogP contribution is -2.27. The number of nitrogens with zero attached hydrogens (tertiary/aromatic N) is 5. The normalized spacial score (nSPS) is 19.2. The lowest BCUT2D eigenvalue weighted by atomic mass is 10.0. The number of hydrogen-bond donors (Lipinski definition) is 0. The molecule has 0 N–H and O–H groups in total. The predicted molar refractivity (Wildman–Crippen MR) is 91.9 cm³/mol. The molecular formula is C16H23N5O2S. The number of hydrogen-bond acceptors (Lipinski definition) is 5. The van der Waals surface area contributed by atoms with E-state index in [1.807, 2.05) is 10.7 Å². The van der Waals surface area contributed by atoms with E-state index in [1.54, 1.807) is 22.9 Å². The van der Waals surface area contributed by atoms with Crippen molar-refractivity contribution in [1.29, 1.82) is 0 Å². The van der Waals surface area contributed by atoms with Gasteiger partial charge in [0.15, 0.2) is 0 Å². The third-order valence-electron chi connectivity index (χ3n) is 4.34. The van der Waals surface area contributed by atoms with Crippen LogP contribution in [0.2, 0.25) is 0 Å². The summed E-state index contributed by atoms with van der Waals surface area (Å²) in [5.41, 5.74) is 2.65. The van der Waals surface area contributed by atoms with Crippen LogP contribution in [0, 0.1) is 5.92 Å². The molecule has 1 fully saturated rings. The van der Waals surface area contributed by atoms with E-state index >= 15 is 0 Å². The van der Waals surface area contributed by atoms with E-state index in [0.717, 1.165) is 29.9 Å². The van der Waals surface area contributed by atoms with Crippen LogP contribution in [0.5, 0.6) is 0 Å². The summed E-state index contributed by atoms with van der Waals surface area (Å²) in [5.74, 6) is 0.307. The van der Waals surface area contributed by atoms with Crippen molar-refractivity contribution in [2.75, 3.05) is 19.3 Å². The number of rotatable bonds is 5. The van der Waals surface area contributed by atoms with Crippen molar-refractivity contribution in [2.45, 2.75) is 32.7 Å². The van der Waals surface area contributed by atoms with Gasteiger partial charge in [0.1, 0.15) is 5.69 Å². The van der Waals surface area contributed by atoms with Gasteiger partial charge < -0.3 is 0 Å². The molecule has 8 heteroatoms. The maximum atomic E-state index is 11.6. The first kappa shape index (κ1) is 17.0. The van der Waals surface area contributed by atoms with Gasteiger partial charge in [-0.3, -0.25) is 14.6 Å². The zero-order valence-corrected chi connectivity index (χ0v) is 15.1. The standard InChI is InChI=1S/C16H23N5O2S/c1-12(2)21-16(4-6-19-21)15-10-17-14(9-18-15)8-13-5-7-20(11-13)24(3,22)23/h4,6,9-10,12-13H,5,7-8,11H2,1-3H3/t13-/m0/s1. The van der Waals surface area contributed by atoms with Gasteiger partial charge in [-0.1, -0.05) is 0 Å². The minimum absolute atomic E-state index is 0.261. The second kappa shape index (κ2) is 6.60. The largest absolute Gasteiger partial charge is 0.261 e. The molecule has 0 spiro atoms. The summed E-state index contributed by atoms with van der Waals surface area (Å²) in [5, 5.41) is 4.32. The molecule has 7 nitrogen and oxygen atoms in total. The van der Waals surface area contributed by atoms with Gasteiger partial charge in [-0.2, -0.15) is 5.10 Å². The molecular weight excluding hydrogens is 326 g/mol. The fraction of sp³-hybridized carbons (Fsp3) is 0.562. The molecule has 1 aliphatic rings. The molecule has 1 saturated heterocycles. The maximum Gasteiger partial charge on any atom is 0.211 e. The Kier molecular flexibility index (Phi) is 4.69. The van der Waals surface area contributed by atoms with E-state index < -0.39 is 10.0 Å². The molecule has 0 radical (unpaired) electrons. The molecule has 0 unspecified atom stereocenters. The maximum absolute atomic E-state index is 11.6. The van der Waals surface area contributed by atoms with Crippen LogP contribution >= 0.6 is 0 Å². The molecule has 0 saturated carbocycles. The van der Waals surface area contributed by atoms with Crippen LogP contribution in [0.3, 0.4) is 0 Å². The van der Waals surface area contributed by atoms with E-state index in [-0.39, 0.29) is 6.04 Å². The van der Waals surface area contributed by atoms with Crippen LogP contribution < -0.4 is 0 Å². The Bertz CT molecular complexity index is 798. The molecule has 3 rings (SSSR count). The third-order valence-corrected chi connectivity index (χ3v) is 5.61. The van der Waals surface area contributed by atoms with E-state index in [4.69, 9.17) is 0 Å². The topological polar surface area (TPSA) is 81.0 Å². The van der Waals surface area contributed by atoms with Crippen molar-refractivity contribution in [2.24, 2.45) is 5.92 Å². The molecule has 24 heavy (non-hydrogen) atoms. The molecule has 130 valence electrons. The second-order valence-corrected chi connectivity index (χ2v) is 8.61. The lowest BCUT2D eigenvalue weighted by molar-refractivity contribution is 0.459. The van der Waals surface area contributed by atoms with Crippen LogP contribution in [-0.2, 0) is 16.4 Å². The van der Waals surface area contributed by atoms with Gasteiger partial charge in [0.25, 0.3) is 0 Å². The number of sulfonamides is 1. The van der Waals surface area contributed by atoms with Crippen molar-refractivity contribution < 1.29 is 8.42 Å². The quantitative estimate of drug-likeness (QED) is 0.821. The monoisotopic (exact) mass is 349 g/mol. The smallest absolute Gasteiger partial charge is 0.211 e. The highest BCUT2D eigenvalue weighted by Gasteiger charge is 2.28. The summed E-state index contributed by atoms with van der Waals surface area (Å²) >= 11 is 0. The van der Waals surface area contributed by atoms with Gasteiger partial charge in [0, 0.05) is 31.5 Å². The Morgan fingerprint density at radius 3 is 2.67 bits per heavy atom. The van der Waals surface area contributed by atoms with Gasteiger partial charge in [-0.05, 0) is 38.7 Å². The van der Waals surface area contributed by atoms with Gasteiger partial charge in [-0.15, -0.1) is 0 Å². The molecule has 0 aromatic carbocycles. The molecule has 1 aliphatic heterocycles. The zero-order chi connectivity index (χ0) is 17.3. The average Bonchev–Trinajstić information content (AvgIpc) is 3.16. The Morgan fingerprint density at radius 1 is 1.29 bits per heavy atom. The first-order valence-corrected chi connectivity index (χ1v) is 9.99. The highest BCUT2D eigenvalue weighted by molar-refractivity contribution is 7.88. The van der Waals surface area contributed by atoms with Crippen LogP contribution in [0.4, 0.5) is 0 Å². The summed E-state index contributed by atoms with van der Waals surface area (Å²) in [6, 6.07) is 2.20. The van der Waals surface area contributed by atoms with Gasteiger partial charge in [0.2, 0.25) is 10.0 Å². The minimum Gasteiger partial charge on any atom is -0.261 e. The van der Waals surface area contributed by atoms with Crippen molar-refractivity contribution in [3.8, 4) is 11.4 Å². The summed E-state index contributed by atoms with van der Waals surface area (Å²) in [4.78, 5) is 9.03. The highest BCUT2D eigenvalue weighted by atomic mass is 32.2. The Hall–Kier alpha value is -1.80. The van der Waals surface area contributed by atoms with Gasteiger partial charge in [-0.25, -0.2) is 12.7 Å². The number of aromatic nitrogens is 4. The van der Waals surface area contributed by atoms with Crippen LogP contribution in [-0.4, -0.2) is 51.8 Å². The van der Waals surface area contributed by atoms with Gasteiger partial charge in [0.05, 0.1) is 23.8 Å². The van der Waals surface area contributed by atoms with Gasteiger partial charge >= 0.3 is 0 Å². The Labute approximate surface area is 142 Å². The van der Waals surface area contributed by atoms with Crippen molar-refractivity contribution in [3.63, 3.8) is 0 Å². The predicted octanol–water partition coefficient (Wildman–Crippen LogP) is 1.75. The summed E-state index contributed by atoms with van der Waals surface area (Å²) in [6.45, 7) is 5.32. The highest BCUT2D eigenvalue weighted by Crippen LogP contribution is 2.23. The van der Waals surface area contributed by atoms with Crippen LogP contribution in [0.1, 0.15) is 32.0 Å². The lowest BCUT2D eigenvalue weighted by Gasteiger charge is -2.13. The van der Waals surface area contributed by atoms with Crippen LogP contribution in [0.15, 0.2) is 24.7 Å². The molecule has 0 amide bonds. The summed E-state index contributed by atoms with van der Waals surface area (Å²) in [6.07, 6.45) is 8.22. The first-order chi connectivity index (χ1) is 11.3. The molecule has 0 aliphatic carbocycles. The van der Waals surface area contributed by atoms with Crippen molar-refractivity contribution in [1.82, 2.24) is 24.1 Å². The minimum atomic E-state index is -3.09. The second-order valence-electron chi connectivity index (χ2n) is 6.63. The van der Waals surface area contributed by atoms with Crippen LogP contribution in [0.25, 0.3) is 11.4 Å². The third kappa shape index (κ3) is 3.64. The van der Waals surface area contributed by atoms with E-state index in [1.165, 1.54) is 6.26 Å². The SMILES string of the molecule is CC(C)n1nccc1-c1cnc(C[C@@H]2CCN(S(C)(=O)=O)C2)cn1. The fourth-order valence-electron chi connectivity index (χ4n) is 3.08. The Balaban J connectivity index is 1.69. The molecule has 1 atom stereocenters. The molecule has 0 bridgehead atoms. The van der Waals surface area contributed by atoms with E-state index in [2.05, 4.69) is 28.9 Å². The van der Waals surface area contributed by atoms with E-state index in [0.29, 0.717) is 19.0 Å². The van der Waals surface area contributed by atoms with E-state index in [9.17, 15) is 8.42 Å². The molecule has 2 aromatic heterocycles. The first-order valence-electron chi connectivity index (χ1n) is 8.14. The van der Waals surface area contributed by atoms with Crippen molar-refractivity contribution >= 4 is 10.0 Å².